The molecule has 3 N–H and O–H groups in total. The zero-order valence-corrected chi connectivity index (χ0v) is 18.1. The molecule has 0 atom stereocenters. The van der Waals surface area contributed by atoms with Gasteiger partial charge in [-0.25, -0.2) is 14.6 Å². The molecule has 3 aromatic rings. The zero-order chi connectivity index (χ0) is 26.1. The number of aromatic nitrogens is 4. The van der Waals surface area contributed by atoms with E-state index in [1.54, 1.807) is 23.7 Å². The van der Waals surface area contributed by atoms with Crippen molar-refractivity contribution in [3.8, 4) is 21.5 Å². The van der Waals surface area contributed by atoms with E-state index < -0.39 is 24.3 Å². The third-order valence-corrected chi connectivity index (χ3v) is 4.36. The lowest BCUT2D eigenvalue weighted by molar-refractivity contribution is -0.193. The Hall–Kier alpha value is -3.47. The zero-order valence-electron chi connectivity index (χ0n) is 17.3. The maximum atomic E-state index is 10.6. The van der Waals surface area contributed by atoms with E-state index in [-0.39, 0.29) is 0 Å². The first kappa shape index (κ1) is 28.6. The number of hydrogen-bond donors (Lipinski definition) is 3. The Morgan fingerprint density at radius 3 is 2.03 bits per heavy atom. The lowest BCUT2D eigenvalue weighted by Gasteiger charge is -2.05. The Morgan fingerprint density at radius 1 is 1.06 bits per heavy atom. The van der Waals surface area contributed by atoms with E-state index in [9.17, 15) is 26.3 Å². The summed E-state index contributed by atoms with van der Waals surface area (Å²) in [6.07, 6.45) is -5.84. The molecule has 0 spiro atoms. The minimum Gasteiger partial charge on any atom is -0.475 e. The van der Waals surface area contributed by atoms with E-state index in [1.165, 1.54) is 0 Å². The average molecular weight is 517 g/mol. The first-order chi connectivity index (χ1) is 15.6. The topological polar surface area (TPSA) is 145 Å². The van der Waals surface area contributed by atoms with Crippen molar-refractivity contribution in [2.24, 2.45) is 0 Å². The number of hydrogen-bond acceptors (Lipinski definition) is 8. The number of carbonyl (C=O) groups is 2. The summed E-state index contributed by atoms with van der Waals surface area (Å²) in [6, 6.07) is 3.98. The maximum absolute atomic E-state index is 10.6. The number of thiophene rings is 1. The summed E-state index contributed by atoms with van der Waals surface area (Å²) in [5.41, 5.74) is 0. The van der Waals surface area contributed by atoms with Gasteiger partial charge in [-0.3, -0.25) is 0 Å². The predicted molar refractivity (Wildman–Crippen MR) is 105 cm³/mol. The highest BCUT2D eigenvalue weighted by Crippen LogP contribution is 2.31. The van der Waals surface area contributed by atoms with E-state index in [1.807, 2.05) is 26.2 Å². The second-order valence-electron chi connectivity index (χ2n) is 6.28. The van der Waals surface area contributed by atoms with Crippen LogP contribution in [-0.2, 0) is 16.0 Å². The summed E-state index contributed by atoms with van der Waals surface area (Å²) in [5.74, 6) is -3.35. The number of carboxylic acids is 2. The first-order valence-corrected chi connectivity index (χ1v) is 9.60. The summed E-state index contributed by atoms with van der Waals surface area (Å²) in [4.78, 5) is 33.6. The molecule has 34 heavy (non-hydrogen) atoms. The van der Waals surface area contributed by atoms with Crippen molar-refractivity contribution in [1.82, 2.24) is 25.0 Å². The number of nitrogens with one attached hydrogen (secondary N) is 1. The Labute approximate surface area is 190 Å². The predicted octanol–water partition coefficient (Wildman–Crippen LogP) is 3.56. The molecule has 0 aliphatic carbocycles. The largest absolute Gasteiger partial charge is 0.490 e. The minimum atomic E-state index is -5.08. The van der Waals surface area contributed by atoms with Crippen LogP contribution in [0.4, 0.5) is 26.3 Å². The molecule has 0 aliphatic rings. The van der Waals surface area contributed by atoms with Crippen LogP contribution in [0, 0.1) is 0 Å². The van der Waals surface area contributed by atoms with Gasteiger partial charge in [0.25, 0.3) is 5.89 Å². The van der Waals surface area contributed by atoms with Gasteiger partial charge in [-0.1, -0.05) is 5.16 Å². The molecule has 0 aliphatic heterocycles. The fraction of sp³-hybridized carbons (Fsp3) is 0.353. The Morgan fingerprint density at radius 2 is 1.59 bits per heavy atom. The number of aromatic amines is 1. The molecular weight excluding hydrogens is 500 g/mol. The van der Waals surface area contributed by atoms with Crippen LogP contribution in [0.25, 0.3) is 21.5 Å². The van der Waals surface area contributed by atoms with Gasteiger partial charge >= 0.3 is 24.3 Å². The fourth-order valence-corrected chi connectivity index (χ4v) is 2.65. The van der Waals surface area contributed by atoms with Crippen molar-refractivity contribution in [3.05, 3.63) is 30.4 Å². The lowest BCUT2D eigenvalue weighted by atomic mass is 10.4. The van der Waals surface area contributed by atoms with Crippen molar-refractivity contribution >= 4 is 23.3 Å². The third kappa shape index (κ3) is 9.99. The monoisotopic (exact) mass is 517 g/mol. The van der Waals surface area contributed by atoms with Crippen molar-refractivity contribution in [2.45, 2.75) is 18.8 Å². The van der Waals surface area contributed by atoms with E-state index in [0.29, 0.717) is 5.89 Å². The number of H-pyrrole nitrogens is 1. The van der Waals surface area contributed by atoms with Gasteiger partial charge in [-0.2, -0.15) is 31.3 Å². The average Bonchev–Trinajstić information content (AvgIpc) is 3.46. The van der Waals surface area contributed by atoms with Crippen molar-refractivity contribution in [2.75, 3.05) is 20.6 Å². The highest BCUT2D eigenvalue weighted by molar-refractivity contribution is 7.18. The Balaban J connectivity index is 0.000000343. The number of likely N-dealkylation sites (N-methyl/N-ethyl adjacent to an activating group) is 1. The number of nitrogens with zero attached hydrogens (tertiary/aromatic N) is 4. The van der Waals surface area contributed by atoms with Crippen LogP contribution >= 0.6 is 11.3 Å². The quantitative estimate of drug-likeness (QED) is 0.433. The van der Waals surface area contributed by atoms with E-state index in [2.05, 4.69) is 25.0 Å². The molecule has 0 aromatic carbocycles. The highest BCUT2D eigenvalue weighted by atomic mass is 32.1. The fourth-order valence-electron chi connectivity index (χ4n) is 1.76. The number of imidazole rings is 1. The molecule has 0 saturated carbocycles. The Kier molecular flexibility index (Phi) is 10.2. The summed E-state index contributed by atoms with van der Waals surface area (Å²) in [5, 5.41) is 18.3. The molecule has 0 bridgehead atoms. The third-order valence-electron chi connectivity index (χ3n) is 3.28. The van der Waals surface area contributed by atoms with Gasteiger partial charge in [0, 0.05) is 25.4 Å². The summed E-state index contributed by atoms with van der Waals surface area (Å²) < 4.78 is 68.8. The van der Waals surface area contributed by atoms with Crippen LogP contribution in [0.15, 0.2) is 29.0 Å². The van der Waals surface area contributed by atoms with Gasteiger partial charge in [0.15, 0.2) is 5.82 Å². The molecule has 3 aromatic heterocycles. The van der Waals surface area contributed by atoms with Crippen molar-refractivity contribution in [1.29, 1.82) is 0 Å². The minimum absolute atomic E-state index is 0.571. The number of alkyl halides is 6. The molecule has 0 saturated heterocycles. The van der Waals surface area contributed by atoms with Crippen LogP contribution < -0.4 is 0 Å². The van der Waals surface area contributed by atoms with Crippen LogP contribution in [0.5, 0.6) is 0 Å². The molecule has 0 fully saturated rings. The number of rotatable bonds is 5. The standard InChI is InChI=1S/C13H15N5OS.2C2HF3O2/c1-18(2)8-5-11-16-13(19-17-11)10-4-3-9(20-10)12-14-6-7-15-12;2*3-2(4,5)1(6)7/h3-4,6-7H,5,8H2,1-2H3,(H,14,15);2*(H,6,7). The molecule has 0 amide bonds. The van der Waals surface area contributed by atoms with Gasteiger partial charge in [0.2, 0.25) is 0 Å². The van der Waals surface area contributed by atoms with Crippen molar-refractivity contribution in [3.63, 3.8) is 0 Å². The molecule has 10 nitrogen and oxygen atoms in total. The van der Waals surface area contributed by atoms with Crippen LogP contribution in [-0.4, -0.2) is 80.2 Å². The van der Waals surface area contributed by atoms with E-state index in [4.69, 9.17) is 24.3 Å². The van der Waals surface area contributed by atoms with Gasteiger partial charge in [0.05, 0.1) is 9.75 Å². The molecule has 0 unspecified atom stereocenters. The van der Waals surface area contributed by atoms with Crippen LogP contribution in [0.1, 0.15) is 5.82 Å². The maximum Gasteiger partial charge on any atom is 0.490 e. The molecule has 3 heterocycles. The molecule has 188 valence electrons. The second kappa shape index (κ2) is 12.1. The van der Waals surface area contributed by atoms with Gasteiger partial charge in [0.1, 0.15) is 5.82 Å². The van der Waals surface area contributed by atoms with Gasteiger partial charge < -0.3 is 24.6 Å². The molecule has 0 radical (unpaired) electrons. The molecule has 3 rings (SSSR count). The summed E-state index contributed by atoms with van der Waals surface area (Å²) in [7, 11) is 4.05. The first-order valence-electron chi connectivity index (χ1n) is 8.78. The number of halogens is 6. The van der Waals surface area contributed by atoms with Gasteiger partial charge in [-0.05, 0) is 26.2 Å². The van der Waals surface area contributed by atoms with E-state index in [0.717, 1.165) is 34.4 Å². The normalized spacial score (nSPS) is 11.3. The number of aliphatic carboxylic acids is 2. The van der Waals surface area contributed by atoms with Gasteiger partial charge in [-0.15, -0.1) is 11.3 Å². The molecular formula is C17H17F6N5O5S. The highest BCUT2D eigenvalue weighted by Gasteiger charge is 2.38. The summed E-state index contributed by atoms with van der Waals surface area (Å²) >= 11 is 1.58. The molecule has 17 heteroatoms. The smallest absolute Gasteiger partial charge is 0.475 e. The Bertz CT molecular complexity index is 1020. The van der Waals surface area contributed by atoms with Crippen LogP contribution in [0.3, 0.4) is 0 Å². The van der Waals surface area contributed by atoms with Crippen LogP contribution in [0.2, 0.25) is 0 Å². The van der Waals surface area contributed by atoms with E-state index >= 15 is 0 Å². The lowest BCUT2D eigenvalue weighted by Crippen LogP contribution is -2.21. The number of carboxylic acid groups (broad SMARTS) is 2. The van der Waals surface area contributed by atoms with Crippen molar-refractivity contribution < 1.29 is 50.7 Å². The summed E-state index contributed by atoms with van der Waals surface area (Å²) in [6.45, 7) is 0.904. The SMILES string of the molecule is CN(C)CCc1noc(-c2ccc(-c3ncc[nH]3)s2)n1.O=C(O)C(F)(F)F.O=C(O)C(F)(F)F. The second-order valence-corrected chi connectivity index (χ2v) is 7.36.